The van der Waals surface area contributed by atoms with Crippen LogP contribution in [0.2, 0.25) is 0 Å². The summed E-state index contributed by atoms with van der Waals surface area (Å²) in [5, 5.41) is 2.78. The number of amides is 1. The molecule has 0 saturated heterocycles. The highest BCUT2D eigenvalue weighted by Crippen LogP contribution is 2.12. The van der Waals surface area contributed by atoms with Gasteiger partial charge in [-0.05, 0) is 19.1 Å². The first-order valence-corrected chi connectivity index (χ1v) is 5.74. The van der Waals surface area contributed by atoms with Crippen molar-refractivity contribution in [1.82, 2.24) is 0 Å². The number of aromatic amines is 1. The minimum absolute atomic E-state index is 0.176. The summed E-state index contributed by atoms with van der Waals surface area (Å²) in [6, 6.07) is 12.8. The third-order valence-electron chi connectivity index (χ3n) is 2.41. The average molecular weight is 243 g/mol. The highest BCUT2D eigenvalue weighted by atomic mass is 16.5. The van der Waals surface area contributed by atoms with E-state index in [1.54, 1.807) is 31.5 Å². The molecule has 18 heavy (non-hydrogen) atoms. The number of aromatic nitrogens is 1. The van der Waals surface area contributed by atoms with Crippen molar-refractivity contribution >= 4 is 11.6 Å². The van der Waals surface area contributed by atoms with Crippen LogP contribution in [0.3, 0.4) is 0 Å². The number of H-pyrrole nitrogens is 1. The molecule has 2 aromatic rings. The van der Waals surface area contributed by atoms with Crippen LogP contribution in [0.5, 0.6) is 5.75 Å². The molecule has 0 radical (unpaired) electrons. The second-order valence-electron chi connectivity index (χ2n) is 3.85. The third kappa shape index (κ3) is 3.31. The van der Waals surface area contributed by atoms with Gasteiger partial charge in [-0.25, -0.2) is 4.98 Å². The molecule has 4 heteroatoms. The predicted octanol–water partition coefficient (Wildman–Crippen LogP) is 1.91. The van der Waals surface area contributed by atoms with Crippen LogP contribution in [-0.4, -0.2) is 12.0 Å². The summed E-state index contributed by atoms with van der Waals surface area (Å²) < 4.78 is 5.53. The minimum Gasteiger partial charge on any atom is -0.481 e. The molecule has 2 N–H and O–H groups in total. The summed E-state index contributed by atoms with van der Waals surface area (Å²) in [5.41, 5.74) is 0.738. The molecule has 1 aromatic carbocycles. The first kappa shape index (κ1) is 12.1. The van der Waals surface area contributed by atoms with Crippen molar-refractivity contribution in [2.24, 2.45) is 0 Å². The fourth-order valence-corrected chi connectivity index (χ4v) is 1.47. The molecule has 92 valence electrons. The number of carbonyl (C=O) groups is 1. The summed E-state index contributed by atoms with van der Waals surface area (Å²) in [6.45, 7) is 1.72. The number of hydrogen-bond donors (Lipinski definition) is 1. The van der Waals surface area contributed by atoms with E-state index in [9.17, 15) is 4.79 Å². The molecule has 0 saturated carbocycles. The van der Waals surface area contributed by atoms with E-state index in [0.29, 0.717) is 5.75 Å². The molecule has 1 aromatic heterocycles. The van der Waals surface area contributed by atoms with Gasteiger partial charge in [-0.1, -0.05) is 18.2 Å². The van der Waals surface area contributed by atoms with Crippen LogP contribution in [0.1, 0.15) is 6.92 Å². The van der Waals surface area contributed by atoms with Crippen LogP contribution in [0.4, 0.5) is 5.69 Å². The van der Waals surface area contributed by atoms with Gasteiger partial charge in [0.1, 0.15) is 5.75 Å². The number of anilines is 1. The molecular formula is C14H15N2O2+. The van der Waals surface area contributed by atoms with E-state index in [2.05, 4.69) is 10.3 Å². The van der Waals surface area contributed by atoms with Crippen molar-refractivity contribution in [2.75, 3.05) is 5.32 Å². The summed E-state index contributed by atoms with van der Waals surface area (Å²) in [5.74, 6) is 0.506. The fourth-order valence-electron chi connectivity index (χ4n) is 1.47. The van der Waals surface area contributed by atoms with Gasteiger partial charge in [-0.3, -0.25) is 4.79 Å². The van der Waals surface area contributed by atoms with Crippen molar-refractivity contribution < 1.29 is 14.5 Å². The third-order valence-corrected chi connectivity index (χ3v) is 2.41. The van der Waals surface area contributed by atoms with Crippen LogP contribution in [0, 0.1) is 0 Å². The Morgan fingerprint density at radius 2 is 1.83 bits per heavy atom. The van der Waals surface area contributed by atoms with Gasteiger partial charge < -0.3 is 10.1 Å². The maximum atomic E-state index is 11.9. The van der Waals surface area contributed by atoms with Crippen LogP contribution in [0.25, 0.3) is 0 Å². The Hall–Kier alpha value is -2.36. The van der Waals surface area contributed by atoms with Gasteiger partial charge in [-0.15, -0.1) is 0 Å². The lowest BCUT2D eigenvalue weighted by Gasteiger charge is -2.14. The van der Waals surface area contributed by atoms with Crippen molar-refractivity contribution in [2.45, 2.75) is 13.0 Å². The van der Waals surface area contributed by atoms with Gasteiger partial charge in [0.25, 0.3) is 5.91 Å². The summed E-state index contributed by atoms with van der Waals surface area (Å²) in [6.07, 6.45) is 2.95. The lowest BCUT2D eigenvalue weighted by atomic mass is 10.3. The summed E-state index contributed by atoms with van der Waals surface area (Å²) in [7, 11) is 0. The Bertz CT molecular complexity index is 500. The number of para-hydroxylation sites is 1. The number of nitrogens with one attached hydrogen (secondary N) is 2. The van der Waals surface area contributed by atoms with E-state index < -0.39 is 6.10 Å². The molecule has 1 unspecified atom stereocenters. The summed E-state index contributed by atoms with van der Waals surface area (Å²) in [4.78, 5) is 14.8. The maximum Gasteiger partial charge on any atom is 0.265 e. The molecule has 0 fully saturated rings. The Morgan fingerprint density at radius 3 is 2.50 bits per heavy atom. The number of carbonyl (C=O) groups excluding carboxylic acids is 1. The molecule has 0 aliphatic carbocycles. The van der Waals surface area contributed by atoms with Gasteiger partial charge in [0.2, 0.25) is 0 Å². The van der Waals surface area contributed by atoms with Gasteiger partial charge in [0.05, 0.1) is 5.69 Å². The van der Waals surface area contributed by atoms with Crippen molar-refractivity contribution in [3.63, 3.8) is 0 Å². The Kier molecular flexibility index (Phi) is 3.91. The van der Waals surface area contributed by atoms with Crippen LogP contribution >= 0.6 is 0 Å². The van der Waals surface area contributed by atoms with Crippen molar-refractivity contribution in [1.29, 1.82) is 0 Å². The van der Waals surface area contributed by atoms with Crippen LogP contribution in [-0.2, 0) is 4.79 Å². The molecule has 0 aliphatic rings. The minimum atomic E-state index is -0.545. The normalized spacial score (nSPS) is 11.6. The molecule has 0 aliphatic heterocycles. The number of hydrogen-bond acceptors (Lipinski definition) is 2. The first-order chi connectivity index (χ1) is 8.75. The molecule has 1 atom stereocenters. The highest BCUT2D eigenvalue weighted by Gasteiger charge is 2.14. The zero-order chi connectivity index (χ0) is 12.8. The fraction of sp³-hybridized carbons (Fsp3) is 0.143. The molecule has 0 spiro atoms. The van der Waals surface area contributed by atoms with Gasteiger partial charge in [-0.2, -0.15) is 0 Å². The quantitative estimate of drug-likeness (QED) is 0.891. The Labute approximate surface area is 106 Å². The number of rotatable bonds is 4. The van der Waals surface area contributed by atoms with Crippen molar-refractivity contribution in [3.05, 3.63) is 54.9 Å². The lowest BCUT2D eigenvalue weighted by Crippen LogP contribution is -2.30. The standard InChI is InChI=1S/C14H14N2O2/c1-11(18-13-5-3-2-4-6-13)14(17)16-12-7-9-15-10-8-12/h2-11H,1H3,(H,15,16,17)/p+1. The molecular weight excluding hydrogens is 228 g/mol. The van der Waals surface area contributed by atoms with Crippen LogP contribution in [0.15, 0.2) is 54.9 Å². The van der Waals surface area contributed by atoms with E-state index in [1.807, 2.05) is 30.3 Å². The zero-order valence-electron chi connectivity index (χ0n) is 10.1. The first-order valence-electron chi connectivity index (χ1n) is 5.74. The van der Waals surface area contributed by atoms with E-state index in [-0.39, 0.29) is 5.91 Å². The smallest absolute Gasteiger partial charge is 0.265 e. The zero-order valence-corrected chi connectivity index (χ0v) is 10.1. The topological polar surface area (TPSA) is 52.5 Å². The lowest BCUT2D eigenvalue weighted by molar-refractivity contribution is -0.377. The average Bonchev–Trinajstić information content (AvgIpc) is 2.41. The maximum absolute atomic E-state index is 11.9. The predicted molar refractivity (Wildman–Crippen MR) is 68.2 cm³/mol. The van der Waals surface area contributed by atoms with E-state index in [1.165, 1.54) is 0 Å². The van der Waals surface area contributed by atoms with Crippen molar-refractivity contribution in [3.8, 4) is 5.75 Å². The molecule has 1 amide bonds. The second-order valence-corrected chi connectivity index (χ2v) is 3.85. The summed E-state index contributed by atoms with van der Waals surface area (Å²) >= 11 is 0. The van der Waals surface area contributed by atoms with E-state index in [4.69, 9.17) is 4.74 Å². The van der Waals surface area contributed by atoms with Gasteiger partial charge in [0, 0.05) is 12.1 Å². The van der Waals surface area contributed by atoms with E-state index >= 15 is 0 Å². The second kappa shape index (κ2) is 5.82. The molecule has 1 heterocycles. The van der Waals surface area contributed by atoms with Crippen LogP contribution < -0.4 is 15.0 Å². The van der Waals surface area contributed by atoms with Gasteiger partial charge in [0.15, 0.2) is 18.5 Å². The van der Waals surface area contributed by atoms with E-state index in [0.717, 1.165) is 5.69 Å². The Morgan fingerprint density at radius 1 is 1.17 bits per heavy atom. The number of benzene rings is 1. The number of pyridine rings is 1. The largest absolute Gasteiger partial charge is 0.481 e. The SMILES string of the molecule is CC(Oc1ccccc1)C(=O)Nc1cc[nH+]cc1. The molecule has 0 bridgehead atoms. The molecule has 4 nitrogen and oxygen atoms in total. The van der Waals surface area contributed by atoms with Gasteiger partial charge >= 0.3 is 0 Å². The highest BCUT2D eigenvalue weighted by molar-refractivity contribution is 5.93. The number of ether oxygens (including phenoxy) is 1. The Balaban J connectivity index is 1.93. The monoisotopic (exact) mass is 243 g/mol. The molecule has 2 rings (SSSR count).